The van der Waals surface area contributed by atoms with Crippen LogP contribution in [0.25, 0.3) is 10.9 Å². The van der Waals surface area contributed by atoms with Crippen LogP contribution in [0.15, 0.2) is 79.5 Å². The van der Waals surface area contributed by atoms with E-state index in [-0.39, 0.29) is 42.1 Å². The number of halogens is 1. The van der Waals surface area contributed by atoms with Crippen LogP contribution in [-0.2, 0) is 4.79 Å². The molecular formula is C29H34BrN3O3. The molecule has 3 saturated heterocycles. The number of quaternary nitrogens is 1. The van der Waals surface area contributed by atoms with Crippen LogP contribution in [0.1, 0.15) is 36.1 Å². The minimum Gasteiger partial charge on any atom is -1.00 e. The number of aromatic nitrogens is 1. The summed E-state index contributed by atoms with van der Waals surface area (Å²) in [6.45, 7) is 5.82. The Morgan fingerprint density at radius 3 is 2.67 bits per heavy atom. The van der Waals surface area contributed by atoms with Crippen LogP contribution in [0, 0.1) is 11.8 Å². The number of piperidine rings is 3. The molecule has 6 atom stereocenters. The van der Waals surface area contributed by atoms with E-state index in [9.17, 15) is 15.0 Å². The van der Waals surface area contributed by atoms with E-state index in [1.807, 2.05) is 66.7 Å². The van der Waals surface area contributed by atoms with E-state index < -0.39 is 12.1 Å². The second-order valence-corrected chi connectivity index (χ2v) is 10.1. The Balaban J connectivity index is 0.00000304. The lowest BCUT2D eigenvalue weighted by Gasteiger charge is -2.57. The smallest absolute Gasteiger partial charge is 0.275 e. The highest BCUT2D eigenvalue weighted by Gasteiger charge is 2.54. The molecule has 190 valence electrons. The third-order valence-electron chi connectivity index (χ3n) is 8.22. The van der Waals surface area contributed by atoms with Crippen LogP contribution in [0.5, 0.6) is 0 Å². The van der Waals surface area contributed by atoms with Gasteiger partial charge in [0.15, 0.2) is 6.54 Å². The molecule has 0 saturated carbocycles. The Morgan fingerprint density at radius 2 is 1.92 bits per heavy atom. The molecule has 4 heterocycles. The minimum absolute atomic E-state index is 0. The molecule has 1 amide bonds. The van der Waals surface area contributed by atoms with Crippen molar-refractivity contribution in [3.8, 4) is 0 Å². The van der Waals surface area contributed by atoms with Crippen LogP contribution in [0.2, 0.25) is 0 Å². The Labute approximate surface area is 223 Å². The van der Waals surface area contributed by atoms with Gasteiger partial charge in [0.1, 0.15) is 12.1 Å². The lowest BCUT2D eigenvalue weighted by molar-refractivity contribution is -0.966. The number of nitrogens with one attached hydrogen (secondary N) is 1. The van der Waals surface area contributed by atoms with Gasteiger partial charge in [-0.2, -0.15) is 0 Å². The molecule has 3 aromatic rings. The van der Waals surface area contributed by atoms with Crippen molar-refractivity contribution in [1.29, 1.82) is 0 Å². The van der Waals surface area contributed by atoms with Gasteiger partial charge in [-0.3, -0.25) is 9.78 Å². The minimum atomic E-state index is -0.702. The molecule has 2 aromatic carbocycles. The van der Waals surface area contributed by atoms with Gasteiger partial charge in [0.2, 0.25) is 0 Å². The normalized spacial score (nSPS) is 26.6. The standard InChI is InChI=1S/C29H33N3O3.BrH/c1-2-20-17-32(18-28(34)31-26(19-33)21-8-4-3-5-9-21)15-13-22(20)16-27(32)29(35)24-12-14-30-25-11-7-6-10-23(24)25;/h2-12,14,20,22,26-27,29,33,35H,1,13,15-19H2;1H/t20?,22?,26?,27?,29?,32-;/m0./s1. The molecule has 6 rings (SSSR count). The monoisotopic (exact) mass is 551 g/mol. The van der Waals surface area contributed by atoms with Crippen molar-refractivity contribution in [3.63, 3.8) is 0 Å². The highest BCUT2D eigenvalue weighted by atomic mass is 79.9. The summed E-state index contributed by atoms with van der Waals surface area (Å²) in [6, 6.07) is 18.8. The van der Waals surface area contributed by atoms with Crippen LogP contribution in [-0.4, -0.2) is 57.9 Å². The quantitative estimate of drug-likeness (QED) is 0.282. The molecule has 5 unspecified atom stereocenters. The highest BCUT2D eigenvalue weighted by molar-refractivity contribution is 5.82. The number of pyridine rings is 1. The average molecular weight is 553 g/mol. The molecule has 0 spiro atoms. The van der Waals surface area contributed by atoms with Gasteiger partial charge < -0.3 is 37.0 Å². The first-order valence-corrected chi connectivity index (χ1v) is 12.5. The van der Waals surface area contributed by atoms with Gasteiger partial charge in [-0.15, -0.1) is 6.58 Å². The van der Waals surface area contributed by atoms with Gasteiger partial charge in [-0.25, -0.2) is 0 Å². The number of carbonyl (C=O) groups excluding carboxylic acids is 1. The summed E-state index contributed by atoms with van der Waals surface area (Å²) in [5.41, 5.74) is 2.62. The number of nitrogens with zero attached hydrogens (tertiary/aromatic N) is 2. The number of para-hydroxylation sites is 1. The van der Waals surface area contributed by atoms with Crippen molar-refractivity contribution in [3.05, 3.63) is 90.6 Å². The molecular weight excluding hydrogens is 518 g/mol. The van der Waals surface area contributed by atoms with E-state index in [4.69, 9.17) is 0 Å². The summed E-state index contributed by atoms with van der Waals surface area (Å²) in [5.74, 6) is 0.697. The van der Waals surface area contributed by atoms with Crippen molar-refractivity contribution in [2.24, 2.45) is 11.8 Å². The van der Waals surface area contributed by atoms with E-state index in [1.54, 1.807) is 6.20 Å². The second kappa shape index (κ2) is 11.2. The summed E-state index contributed by atoms with van der Waals surface area (Å²) in [5, 5.41) is 25.7. The zero-order valence-corrected chi connectivity index (χ0v) is 21.9. The summed E-state index contributed by atoms with van der Waals surface area (Å²) in [7, 11) is 0. The molecule has 6 nitrogen and oxygen atoms in total. The SMILES string of the molecule is C=CC1C[N@+]2(CC(=O)NC(CO)c3ccccc3)CCC1CC2C(O)c1ccnc2ccccc12.[Br-]. The Hall–Kier alpha value is -2.58. The van der Waals surface area contributed by atoms with E-state index in [0.29, 0.717) is 16.3 Å². The van der Waals surface area contributed by atoms with E-state index in [0.717, 1.165) is 48.0 Å². The molecule has 0 aliphatic carbocycles. The van der Waals surface area contributed by atoms with E-state index in [1.165, 1.54) is 0 Å². The number of amides is 1. The van der Waals surface area contributed by atoms with Crippen molar-refractivity contribution in [1.82, 2.24) is 10.3 Å². The first-order chi connectivity index (χ1) is 17.0. The zero-order chi connectivity index (χ0) is 24.4. The molecule has 2 bridgehead atoms. The van der Waals surface area contributed by atoms with Crippen molar-refractivity contribution in [2.75, 3.05) is 26.2 Å². The van der Waals surface area contributed by atoms with Gasteiger partial charge in [-0.05, 0) is 29.2 Å². The molecule has 7 heteroatoms. The fraction of sp³-hybridized carbons (Fsp3) is 0.379. The maximum Gasteiger partial charge on any atom is 0.275 e. The van der Waals surface area contributed by atoms with Crippen LogP contribution in [0.3, 0.4) is 0 Å². The Bertz CT molecular complexity index is 1200. The number of hydrogen-bond acceptors (Lipinski definition) is 4. The molecule has 3 N–H and O–H groups in total. The van der Waals surface area contributed by atoms with Crippen LogP contribution in [0.4, 0.5) is 0 Å². The van der Waals surface area contributed by atoms with Crippen molar-refractivity contribution in [2.45, 2.75) is 31.0 Å². The topological polar surface area (TPSA) is 82.5 Å². The number of carbonyl (C=O) groups is 1. The fourth-order valence-electron chi connectivity index (χ4n) is 6.41. The lowest BCUT2D eigenvalue weighted by atomic mass is 9.71. The van der Waals surface area contributed by atoms with E-state index >= 15 is 0 Å². The molecule has 1 aromatic heterocycles. The van der Waals surface area contributed by atoms with Gasteiger partial charge in [0.25, 0.3) is 5.91 Å². The first kappa shape index (κ1) is 26.5. The number of aliphatic hydroxyl groups excluding tert-OH is 2. The second-order valence-electron chi connectivity index (χ2n) is 10.1. The highest BCUT2D eigenvalue weighted by Crippen LogP contribution is 2.46. The molecule has 0 radical (unpaired) electrons. The Morgan fingerprint density at radius 1 is 1.17 bits per heavy atom. The predicted molar refractivity (Wildman–Crippen MR) is 136 cm³/mol. The van der Waals surface area contributed by atoms with Crippen LogP contribution < -0.4 is 22.3 Å². The third-order valence-corrected chi connectivity index (χ3v) is 8.22. The first-order valence-electron chi connectivity index (χ1n) is 12.5. The molecule has 3 aliphatic rings. The number of benzene rings is 2. The number of fused-ring (bicyclic) bond motifs is 4. The summed E-state index contributed by atoms with van der Waals surface area (Å²) in [6.07, 6.45) is 4.95. The van der Waals surface area contributed by atoms with Crippen LogP contribution >= 0.6 is 0 Å². The summed E-state index contributed by atoms with van der Waals surface area (Å²) >= 11 is 0. The number of hydrogen-bond donors (Lipinski definition) is 3. The molecule has 36 heavy (non-hydrogen) atoms. The summed E-state index contributed by atoms with van der Waals surface area (Å²) < 4.78 is 0.532. The maximum absolute atomic E-state index is 13.4. The lowest BCUT2D eigenvalue weighted by Crippen LogP contribution is -3.00. The van der Waals surface area contributed by atoms with Crippen molar-refractivity contribution < 1.29 is 36.5 Å². The number of aliphatic hydroxyl groups is 2. The van der Waals surface area contributed by atoms with Gasteiger partial charge in [0, 0.05) is 30.3 Å². The fourth-order valence-corrected chi connectivity index (χ4v) is 6.41. The molecule has 3 fully saturated rings. The van der Waals surface area contributed by atoms with Crippen molar-refractivity contribution >= 4 is 16.8 Å². The zero-order valence-electron chi connectivity index (χ0n) is 20.3. The van der Waals surface area contributed by atoms with Gasteiger partial charge in [-0.1, -0.05) is 54.6 Å². The van der Waals surface area contributed by atoms with E-state index in [2.05, 4.69) is 16.9 Å². The maximum atomic E-state index is 13.4. The number of rotatable bonds is 8. The Kier molecular flexibility index (Phi) is 8.25. The predicted octanol–water partition coefficient (Wildman–Crippen LogP) is 0.533. The summed E-state index contributed by atoms with van der Waals surface area (Å²) in [4.78, 5) is 17.9. The largest absolute Gasteiger partial charge is 1.00 e. The molecule has 3 aliphatic heterocycles. The van der Waals surface area contributed by atoms with Gasteiger partial charge in [0.05, 0.1) is 31.3 Å². The average Bonchev–Trinajstić information content (AvgIpc) is 2.91. The van der Waals surface area contributed by atoms with Gasteiger partial charge >= 0.3 is 0 Å². The third kappa shape index (κ3) is 4.98.